The van der Waals surface area contributed by atoms with Crippen LogP contribution in [0.5, 0.6) is 0 Å². The monoisotopic (exact) mass is 194 g/mol. The van der Waals surface area contributed by atoms with Gasteiger partial charge < -0.3 is 10.5 Å². The van der Waals surface area contributed by atoms with E-state index in [0.29, 0.717) is 18.7 Å². The molecule has 0 saturated carbocycles. The van der Waals surface area contributed by atoms with Crippen molar-refractivity contribution < 1.29 is 10.0 Å². The van der Waals surface area contributed by atoms with Gasteiger partial charge in [-0.1, -0.05) is 12.1 Å². The van der Waals surface area contributed by atoms with E-state index in [1.54, 1.807) is 18.2 Å². The van der Waals surface area contributed by atoms with Crippen molar-refractivity contribution in [2.24, 2.45) is 0 Å². The molecule has 1 amide bonds. The van der Waals surface area contributed by atoms with Gasteiger partial charge in [0, 0.05) is 18.7 Å². The van der Waals surface area contributed by atoms with Gasteiger partial charge in [-0.15, -0.1) is 0 Å². The van der Waals surface area contributed by atoms with Crippen molar-refractivity contribution in [2.75, 3.05) is 6.54 Å². The minimum atomic E-state index is -0.0905. The highest BCUT2D eigenvalue weighted by Crippen LogP contribution is 2.04. The summed E-state index contributed by atoms with van der Waals surface area (Å²) in [5, 5.41) is 11.2. The van der Waals surface area contributed by atoms with Crippen LogP contribution in [0, 0.1) is 0 Å². The summed E-state index contributed by atoms with van der Waals surface area (Å²) in [6, 6.07) is 7.11. The third kappa shape index (κ3) is 2.83. The van der Waals surface area contributed by atoms with Gasteiger partial charge in [0.05, 0.1) is 0 Å². The van der Waals surface area contributed by atoms with E-state index < -0.39 is 0 Å². The van der Waals surface area contributed by atoms with Gasteiger partial charge in [-0.2, -0.15) is 0 Å². The summed E-state index contributed by atoms with van der Waals surface area (Å²) in [4.78, 5) is 11.4. The molecule has 0 bridgehead atoms. The first kappa shape index (κ1) is 10.7. The van der Waals surface area contributed by atoms with E-state index in [1.165, 1.54) is 0 Å². The largest absolute Gasteiger partial charge is 0.352 e. The van der Waals surface area contributed by atoms with Gasteiger partial charge in [-0.25, -0.2) is 5.48 Å². The molecule has 1 aromatic carbocycles. The summed E-state index contributed by atoms with van der Waals surface area (Å²) in [6.07, 6.45) is 0. The molecule has 0 saturated heterocycles. The molecule has 1 rings (SSSR count). The van der Waals surface area contributed by atoms with Crippen LogP contribution in [0.1, 0.15) is 22.8 Å². The Morgan fingerprint density at radius 2 is 2.29 bits per heavy atom. The third-order valence-corrected chi connectivity index (χ3v) is 1.81. The molecular weight excluding hydrogens is 180 g/mol. The average molecular weight is 194 g/mol. The molecule has 3 N–H and O–H groups in total. The van der Waals surface area contributed by atoms with Crippen molar-refractivity contribution >= 4 is 5.91 Å². The topological polar surface area (TPSA) is 61.4 Å². The summed E-state index contributed by atoms with van der Waals surface area (Å²) in [5.74, 6) is -0.0905. The smallest absolute Gasteiger partial charge is 0.251 e. The molecule has 0 atom stereocenters. The van der Waals surface area contributed by atoms with Crippen molar-refractivity contribution in [1.82, 2.24) is 10.8 Å². The summed E-state index contributed by atoms with van der Waals surface area (Å²) in [5.41, 5.74) is 3.53. The summed E-state index contributed by atoms with van der Waals surface area (Å²) in [6.45, 7) is 2.82. The van der Waals surface area contributed by atoms with Gasteiger partial charge in [-0.05, 0) is 24.6 Å². The minimum absolute atomic E-state index is 0.0905. The highest BCUT2D eigenvalue weighted by Gasteiger charge is 2.03. The van der Waals surface area contributed by atoms with Gasteiger partial charge >= 0.3 is 0 Å². The zero-order chi connectivity index (χ0) is 10.4. The quantitative estimate of drug-likeness (QED) is 0.624. The van der Waals surface area contributed by atoms with Crippen molar-refractivity contribution in [2.45, 2.75) is 13.5 Å². The van der Waals surface area contributed by atoms with Crippen LogP contribution < -0.4 is 10.8 Å². The number of nitrogens with one attached hydrogen (secondary N) is 2. The van der Waals surface area contributed by atoms with Crippen LogP contribution >= 0.6 is 0 Å². The van der Waals surface area contributed by atoms with E-state index in [9.17, 15) is 4.79 Å². The molecule has 0 fully saturated rings. The Balaban J connectivity index is 2.77. The van der Waals surface area contributed by atoms with E-state index >= 15 is 0 Å². The molecule has 0 aliphatic heterocycles. The second kappa shape index (κ2) is 5.36. The van der Waals surface area contributed by atoms with Crippen LogP contribution in [-0.4, -0.2) is 17.7 Å². The van der Waals surface area contributed by atoms with E-state index in [1.807, 2.05) is 13.0 Å². The molecule has 0 aliphatic rings. The van der Waals surface area contributed by atoms with Crippen LogP contribution in [0.15, 0.2) is 24.3 Å². The second-order valence-corrected chi connectivity index (χ2v) is 2.89. The molecule has 0 radical (unpaired) electrons. The van der Waals surface area contributed by atoms with E-state index in [0.717, 1.165) is 5.56 Å². The predicted octanol–water partition coefficient (Wildman–Crippen LogP) is 0.915. The molecule has 0 aromatic heterocycles. The maximum absolute atomic E-state index is 11.4. The van der Waals surface area contributed by atoms with Crippen molar-refractivity contribution in [1.29, 1.82) is 0 Å². The highest BCUT2D eigenvalue weighted by atomic mass is 16.5. The first-order valence-electron chi connectivity index (χ1n) is 4.52. The van der Waals surface area contributed by atoms with Crippen LogP contribution in [0.25, 0.3) is 0 Å². The summed E-state index contributed by atoms with van der Waals surface area (Å²) in [7, 11) is 0. The molecule has 14 heavy (non-hydrogen) atoms. The number of carbonyl (C=O) groups excluding carboxylic acids is 1. The zero-order valence-corrected chi connectivity index (χ0v) is 8.08. The Bertz CT molecular complexity index is 313. The lowest BCUT2D eigenvalue weighted by Crippen LogP contribution is -2.22. The normalized spacial score (nSPS) is 9.86. The molecule has 0 aliphatic carbocycles. The molecular formula is C10H14N2O2. The van der Waals surface area contributed by atoms with Crippen LogP contribution in [0.3, 0.4) is 0 Å². The fourth-order valence-electron chi connectivity index (χ4n) is 1.18. The highest BCUT2D eigenvalue weighted by molar-refractivity contribution is 5.94. The molecule has 0 unspecified atom stereocenters. The standard InChI is InChI=1S/C10H14N2O2/c1-2-11-10(13)9-5-3-4-8(6-9)7-12-14/h3-6,12,14H,2,7H2,1H3,(H,11,13). The van der Waals surface area contributed by atoms with Gasteiger partial charge in [0.2, 0.25) is 0 Å². The Hall–Kier alpha value is -1.39. The van der Waals surface area contributed by atoms with E-state index in [-0.39, 0.29) is 5.91 Å². The SMILES string of the molecule is CCNC(=O)c1cccc(CNO)c1. The predicted molar refractivity (Wildman–Crippen MR) is 53.1 cm³/mol. The lowest BCUT2D eigenvalue weighted by molar-refractivity contribution is 0.0955. The molecule has 76 valence electrons. The Labute approximate surface area is 82.9 Å². The Morgan fingerprint density at radius 1 is 1.50 bits per heavy atom. The number of hydrogen-bond donors (Lipinski definition) is 3. The second-order valence-electron chi connectivity index (χ2n) is 2.89. The van der Waals surface area contributed by atoms with Crippen LogP contribution in [-0.2, 0) is 6.54 Å². The number of hydroxylamine groups is 1. The number of hydrogen-bond acceptors (Lipinski definition) is 3. The summed E-state index contributed by atoms with van der Waals surface area (Å²) >= 11 is 0. The van der Waals surface area contributed by atoms with Gasteiger partial charge in [0.25, 0.3) is 5.91 Å². The summed E-state index contributed by atoms with van der Waals surface area (Å²) < 4.78 is 0. The van der Waals surface area contributed by atoms with E-state index in [2.05, 4.69) is 10.8 Å². The maximum Gasteiger partial charge on any atom is 0.251 e. The zero-order valence-electron chi connectivity index (χ0n) is 8.08. The molecule has 1 aromatic rings. The van der Waals surface area contributed by atoms with Crippen molar-refractivity contribution in [3.8, 4) is 0 Å². The number of amides is 1. The fourth-order valence-corrected chi connectivity index (χ4v) is 1.18. The van der Waals surface area contributed by atoms with Gasteiger partial charge in [0.1, 0.15) is 0 Å². The number of benzene rings is 1. The molecule has 0 spiro atoms. The van der Waals surface area contributed by atoms with Crippen molar-refractivity contribution in [3.05, 3.63) is 35.4 Å². The third-order valence-electron chi connectivity index (χ3n) is 1.81. The van der Waals surface area contributed by atoms with Crippen LogP contribution in [0.4, 0.5) is 0 Å². The fraction of sp³-hybridized carbons (Fsp3) is 0.300. The molecule has 4 nitrogen and oxygen atoms in total. The number of carbonyl (C=O) groups is 1. The maximum atomic E-state index is 11.4. The van der Waals surface area contributed by atoms with Gasteiger partial charge in [-0.3, -0.25) is 4.79 Å². The number of rotatable bonds is 4. The molecule has 4 heteroatoms. The average Bonchev–Trinajstić information content (AvgIpc) is 2.19. The lowest BCUT2D eigenvalue weighted by atomic mass is 10.1. The first-order valence-corrected chi connectivity index (χ1v) is 4.52. The Morgan fingerprint density at radius 3 is 2.93 bits per heavy atom. The van der Waals surface area contributed by atoms with Crippen molar-refractivity contribution in [3.63, 3.8) is 0 Å². The van der Waals surface area contributed by atoms with Crippen LogP contribution in [0.2, 0.25) is 0 Å². The molecule has 0 heterocycles. The lowest BCUT2D eigenvalue weighted by Gasteiger charge is -2.04. The minimum Gasteiger partial charge on any atom is -0.352 e. The first-order chi connectivity index (χ1) is 6.77. The van der Waals surface area contributed by atoms with Gasteiger partial charge in [0.15, 0.2) is 0 Å². The van der Waals surface area contributed by atoms with E-state index in [4.69, 9.17) is 5.21 Å². The Kier molecular flexibility index (Phi) is 4.10.